The fourth-order valence-corrected chi connectivity index (χ4v) is 2.77. The fraction of sp³-hybridized carbons (Fsp3) is 0.182. The van der Waals surface area contributed by atoms with Gasteiger partial charge in [-0.05, 0) is 72.1 Å². The van der Waals surface area contributed by atoms with E-state index in [-0.39, 0.29) is 0 Å². The topological polar surface area (TPSA) is 27.1 Å². The van der Waals surface area contributed by atoms with Crippen molar-refractivity contribution in [1.82, 2.24) is 9.78 Å². The van der Waals surface area contributed by atoms with Gasteiger partial charge in [0.2, 0.25) is 0 Å². The summed E-state index contributed by atoms with van der Waals surface area (Å²) >= 11 is 9.12. The zero-order chi connectivity index (χ0) is 12.4. The molecule has 0 aliphatic heterocycles. The Morgan fingerprint density at radius 1 is 1.35 bits per heavy atom. The number of benzene rings is 1. The molecule has 6 heteroatoms. The van der Waals surface area contributed by atoms with Crippen LogP contribution in [-0.2, 0) is 6.54 Å². The van der Waals surface area contributed by atoms with E-state index in [0.29, 0.717) is 0 Å². The first kappa shape index (κ1) is 13.4. The Bertz CT molecular complexity index is 523. The van der Waals surface area contributed by atoms with Crippen LogP contribution in [0.2, 0.25) is 0 Å². The Labute approximate surface area is 130 Å². The van der Waals surface area contributed by atoms with Crippen molar-refractivity contribution in [1.29, 1.82) is 0 Å². The van der Waals surface area contributed by atoms with Gasteiger partial charge in [-0.1, -0.05) is 6.07 Å². The number of aromatic nitrogens is 2. The van der Waals surface area contributed by atoms with Gasteiger partial charge >= 0.3 is 0 Å². The molecule has 2 rings (SSSR count). The van der Waals surface area contributed by atoms with Gasteiger partial charge in [0.15, 0.2) is 0 Å². The molecule has 1 aromatic carbocycles. The van der Waals surface area contributed by atoms with Gasteiger partial charge in [0.25, 0.3) is 0 Å². The predicted molar refractivity (Wildman–Crippen MR) is 82.4 cm³/mol. The van der Waals surface area contributed by atoms with Gasteiger partial charge in [0.05, 0.1) is 22.6 Å². The van der Waals surface area contributed by atoms with Crippen molar-refractivity contribution >= 4 is 54.5 Å². The smallest absolute Gasteiger partial charge is 0.137 e. The molecule has 3 nitrogen and oxygen atoms in total. The van der Waals surface area contributed by atoms with Crippen molar-refractivity contribution in [2.75, 3.05) is 7.11 Å². The number of hydrogen-bond acceptors (Lipinski definition) is 2. The SMILES string of the molecule is COc1ccc(Cn2cc(Br)c(I)n2)cc1Br. The van der Waals surface area contributed by atoms with Crippen LogP contribution >= 0.6 is 54.5 Å². The zero-order valence-corrected chi connectivity index (χ0v) is 14.3. The first-order chi connectivity index (χ1) is 8.10. The average Bonchev–Trinajstić information content (AvgIpc) is 2.58. The molecular formula is C11H9Br2IN2O. The summed E-state index contributed by atoms with van der Waals surface area (Å²) in [7, 11) is 1.66. The standard InChI is InChI=1S/C11H9Br2IN2O/c1-17-10-3-2-7(4-8(10)12)5-16-6-9(13)11(14)15-16/h2-4,6H,5H2,1H3. The third-order valence-electron chi connectivity index (χ3n) is 2.24. The van der Waals surface area contributed by atoms with Crippen molar-refractivity contribution in [2.45, 2.75) is 6.54 Å². The maximum atomic E-state index is 5.20. The summed E-state index contributed by atoms with van der Waals surface area (Å²) in [4.78, 5) is 0. The van der Waals surface area contributed by atoms with Crippen molar-refractivity contribution in [3.05, 3.63) is 42.6 Å². The third kappa shape index (κ3) is 3.23. The second-order valence-electron chi connectivity index (χ2n) is 3.43. The molecule has 2 aromatic rings. The van der Waals surface area contributed by atoms with E-state index in [4.69, 9.17) is 4.74 Å². The third-order valence-corrected chi connectivity index (χ3v) is 4.97. The van der Waals surface area contributed by atoms with Crippen LogP contribution in [0.15, 0.2) is 33.3 Å². The molecule has 0 aliphatic carbocycles. The van der Waals surface area contributed by atoms with Gasteiger partial charge in [0, 0.05) is 6.20 Å². The minimum atomic E-state index is 0.740. The second-order valence-corrected chi connectivity index (χ2v) is 6.16. The molecule has 90 valence electrons. The largest absolute Gasteiger partial charge is 0.496 e. The number of rotatable bonds is 3. The molecule has 0 fully saturated rings. The van der Waals surface area contributed by atoms with Crippen molar-refractivity contribution in [2.24, 2.45) is 0 Å². The summed E-state index contributed by atoms with van der Waals surface area (Å²) in [5.74, 6) is 0.838. The van der Waals surface area contributed by atoms with E-state index in [1.54, 1.807) is 7.11 Å². The molecule has 0 bridgehead atoms. The lowest BCUT2D eigenvalue weighted by Crippen LogP contribution is -2.00. The molecule has 0 amide bonds. The number of halogens is 3. The maximum absolute atomic E-state index is 5.20. The van der Waals surface area contributed by atoms with Crippen molar-refractivity contribution in [3.8, 4) is 5.75 Å². The van der Waals surface area contributed by atoms with Gasteiger partial charge in [0.1, 0.15) is 9.45 Å². The van der Waals surface area contributed by atoms with Crippen molar-refractivity contribution < 1.29 is 4.74 Å². The first-order valence-electron chi connectivity index (χ1n) is 4.81. The quantitative estimate of drug-likeness (QED) is 0.631. The molecule has 0 saturated heterocycles. The lowest BCUT2D eigenvalue weighted by molar-refractivity contribution is 0.412. The van der Waals surface area contributed by atoms with Crippen LogP contribution < -0.4 is 4.74 Å². The van der Waals surface area contributed by atoms with Crippen LogP contribution in [0.5, 0.6) is 5.75 Å². The van der Waals surface area contributed by atoms with Gasteiger partial charge in [-0.25, -0.2) is 0 Å². The molecule has 0 radical (unpaired) electrons. The van der Waals surface area contributed by atoms with Crippen molar-refractivity contribution in [3.63, 3.8) is 0 Å². The minimum absolute atomic E-state index is 0.740. The lowest BCUT2D eigenvalue weighted by Gasteiger charge is -2.06. The van der Waals surface area contributed by atoms with E-state index in [1.807, 2.05) is 29.1 Å². The van der Waals surface area contributed by atoms with Gasteiger partial charge in [-0.3, -0.25) is 4.68 Å². The van der Waals surface area contributed by atoms with E-state index in [1.165, 1.54) is 5.56 Å². The monoisotopic (exact) mass is 470 g/mol. The highest BCUT2D eigenvalue weighted by Crippen LogP contribution is 2.26. The molecule has 0 saturated carbocycles. The Morgan fingerprint density at radius 3 is 2.65 bits per heavy atom. The van der Waals surface area contributed by atoms with Gasteiger partial charge in [-0.2, -0.15) is 5.10 Å². The number of ether oxygens (including phenoxy) is 1. The van der Waals surface area contributed by atoms with Gasteiger partial charge < -0.3 is 4.74 Å². The summed E-state index contributed by atoms with van der Waals surface area (Å²) in [5.41, 5.74) is 1.17. The van der Waals surface area contributed by atoms with Crippen LogP contribution in [0, 0.1) is 3.70 Å². The van der Waals surface area contributed by atoms with Crippen LogP contribution in [-0.4, -0.2) is 16.9 Å². The molecule has 0 atom stereocenters. The van der Waals surface area contributed by atoms with E-state index in [9.17, 15) is 0 Å². The first-order valence-corrected chi connectivity index (χ1v) is 7.47. The zero-order valence-electron chi connectivity index (χ0n) is 8.95. The Kier molecular flexibility index (Phi) is 4.48. The van der Waals surface area contributed by atoms with Crippen LogP contribution in [0.4, 0.5) is 0 Å². The molecule has 0 aliphatic rings. The summed E-state index contributed by atoms with van der Waals surface area (Å²) < 4.78 is 10.0. The summed E-state index contributed by atoms with van der Waals surface area (Å²) in [6.07, 6.45) is 1.97. The highest BCUT2D eigenvalue weighted by atomic mass is 127. The summed E-state index contributed by atoms with van der Waals surface area (Å²) in [6.45, 7) is 0.740. The second kappa shape index (κ2) is 5.71. The molecule has 1 aromatic heterocycles. The van der Waals surface area contributed by atoms with E-state index >= 15 is 0 Å². The molecule has 1 heterocycles. The predicted octanol–water partition coefficient (Wildman–Crippen LogP) is 4.07. The molecule has 17 heavy (non-hydrogen) atoms. The number of methoxy groups -OCH3 is 1. The maximum Gasteiger partial charge on any atom is 0.137 e. The van der Waals surface area contributed by atoms with E-state index < -0.39 is 0 Å². The summed E-state index contributed by atoms with van der Waals surface area (Å²) in [6, 6.07) is 6.02. The normalized spacial score (nSPS) is 10.6. The Balaban J connectivity index is 2.21. The summed E-state index contributed by atoms with van der Waals surface area (Å²) in [5, 5.41) is 4.39. The number of nitrogens with zero attached hydrogens (tertiary/aromatic N) is 2. The molecule has 0 N–H and O–H groups in total. The van der Waals surface area contributed by atoms with Crippen LogP contribution in [0.1, 0.15) is 5.56 Å². The van der Waals surface area contributed by atoms with Crippen LogP contribution in [0.25, 0.3) is 0 Å². The van der Waals surface area contributed by atoms with Crippen LogP contribution in [0.3, 0.4) is 0 Å². The average molecular weight is 472 g/mol. The Morgan fingerprint density at radius 2 is 2.12 bits per heavy atom. The molecule has 0 unspecified atom stereocenters. The highest BCUT2D eigenvalue weighted by Gasteiger charge is 2.05. The lowest BCUT2D eigenvalue weighted by atomic mass is 10.2. The molecule has 0 spiro atoms. The fourth-order valence-electron chi connectivity index (χ4n) is 1.45. The van der Waals surface area contributed by atoms with Gasteiger partial charge in [-0.15, -0.1) is 0 Å². The minimum Gasteiger partial charge on any atom is -0.496 e. The molecular weight excluding hydrogens is 463 g/mol. The number of hydrogen-bond donors (Lipinski definition) is 0. The van der Waals surface area contributed by atoms with E-state index in [0.717, 1.165) is 24.9 Å². The Hall–Kier alpha value is -0.0800. The highest BCUT2D eigenvalue weighted by molar-refractivity contribution is 14.1. The van der Waals surface area contributed by atoms with E-state index in [2.05, 4.69) is 59.5 Å².